The molecule has 0 aliphatic carbocycles. The fraction of sp³-hybridized carbons (Fsp3) is 0.368. The molecule has 1 unspecified atom stereocenters. The summed E-state index contributed by atoms with van der Waals surface area (Å²) in [6.07, 6.45) is -1.02. The largest absolute Gasteiger partial charge is 0.448 e. The lowest BCUT2D eigenvalue weighted by Crippen LogP contribution is -2.40. The summed E-state index contributed by atoms with van der Waals surface area (Å²) >= 11 is 1.22. The molecule has 1 atom stereocenters. The van der Waals surface area contributed by atoms with Gasteiger partial charge < -0.3 is 15.4 Å². The zero-order chi connectivity index (χ0) is 20.1. The van der Waals surface area contributed by atoms with Crippen molar-refractivity contribution >= 4 is 34.8 Å². The van der Waals surface area contributed by atoms with Crippen LogP contribution in [0, 0.1) is 27.7 Å². The van der Waals surface area contributed by atoms with E-state index in [4.69, 9.17) is 4.74 Å². The zero-order valence-corrected chi connectivity index (χ0v) is 16.8. The van der Waals surface area contributed by atoms with E-state index in [1.165, 1.54) is 18.3 Å². The van der Waals surface area contributed by atoms with Gasteiger partial charge in [-0.2, -0.15) is 0 Å². The Hall–Kier alpha value is -2.74. The minimum absolute atomic E-state index is 0.215. The van der Waals surface area contributed by atoms with Gasteiger partial charge in [0.1, 0.15) is 4.88 Å². The van der Waals surface area contributed by atoms with Crippen LogP contribution in [-0.2, 0) is 14.3 Å². The predicted octanol–water partition coefficient (Wildman–Crippen LogP) is 2.68. The minimum atomic E-state index is -1.02. The highest BCUT2D eigenvalue weighted by Crippen LogP contribution is 2.20. The highest BCUT2D eigenvalue weighted by Gasteiger charge is 2.22. The number of anilines is 1. The predicted molar refractivity (Wildman–Crippen MR) is 104 cm³/mol. The van der Waals surface area contributed by atoms with Crippen LogP contribution >= 0.6 is 11.3 Å². The molecule has 0 fully saturated rings. The number of nitrogens with one attached hydrogen (secondary N) is 2. The molecule has 1 aromatic heterocycles. The Morgan fingerprint density at radius 3 is 2.33 bits per heavy atom. The van der Waals surface area contributed by atoms with Crippen molar-refractivity contribution in [2.45, 2.75) is 40.7 Å². The van der Waals surface area contributed by atoms with Gasteiger partial charge in [-0.25, -0.2) is 9.78 Å². The SMILES string of the molecule is Cc1nc(C)c(C(=O)OC(C)C(=O)NCC(=O)Nc2c(C)cccc2C)s1. The summed E-state index contributed by atoms with van der Waals surface area (Å²) in [5.41, 5.74) is 3.18. The van der Waals surface area contributed by atoms with E-state index in [-0.39, 0.29) is 12.5 Å². The molecule has 27 heavy (non-hydrogen) atoms. The smallest absolute Gasteiger partial charge is 0.351 e. The first kappa shape index (κ1) is 20.6. The van der Waals surface area contributed by atoms with Gasteiger partial charge in [-0.1, -0.05) is 18.2 Å². The van der Waals surface area contributed by atoms with Crippen LogP contribution in [0.3, 0.4) is 0 Å². The van der Waals surface area contributed by atoms with E-state index in [0.29, 0.717) is 10.6 Å². The summed E-state index contributed by atoms with van der Waals surface area (Å²) in [4.78, 5) is 40.9. The van der Waals surface area contributed by atoms with Crippen LogP contribution in [0.1, 0.15) is 38.4 Å². The topological polar surface area (TPSA) is 97.4 Å². The summed E-state index contributed by atoms with van der Waals surface area (Å²) in [7, 11) is 0. The highest BCUT2D eigenvalue weighted by atomic mass is 32.1. The van der Waals surface area contributed by atoms with Gasteiger partial charge in [-0.15, -0.1) is 11.3 Å². The molecule has 2 N–H and O–H groups in total. The molecule has 1 heterocycles. The van der Waals surface area contributed by atoms with Crippen LogP contribution in [0.5, 0.6) is 0 Å². The zero-order valence-electron chi connectivity index (χ0n) is 16.0. The lowest BCUT2D eigenvalue weighted by atomic mass is 10.1. The third-order valence-electron chi connectivity index (χ3n) is 3.91. The number of para-hydroxylation sites is 1. The van der Waals surface area contributed by atoms with Gasteiger partial charge in [0.15, 0.2) is 6.10 Å². The molecule has 144 valence electrons. The van der Waals surface area contributed by atoms with Crippen molar-refractivity contribution in [2.24, 2.45) is 0 Å². The van der Waals surface area contributed by atoms with Crippen LogP contribution in [-0.4, -0.2) is 35.4 Å². The number of carbonyl (C=O) groups excluding carboxylic acids is 3. The maximum Gasteiger partial charge on any atom is 0.351 e. The van der Waals surface area contributed by atoms with Gasteiger partial charge >= 0.3 is 5.97 Å². The third-order valence-corrected chi connectivity index (χ3v) is 4.96. The Morgan fingerprint density at radius 1 is 1.15 bits per heavy atom. The van der Waals surface area contributed by atoms with Crippen molar-refractivity contribution in [3.05, 3.63) is 44.9 Å². The van der Waals surface area contributed by atoms with Crippen LogP contribution in [0.25, 0.3) is 0 Å². The van der Waals surface area contributed by atoms with Gasteiger partial charge in [0.2, 0.25) is 5.91 Å². The number of thiazole rings is 1. The fourth-order valence-electron chi connectivity index (χ4n) is 2.49. The molecule has 0 saturated carbocycles. The van der Waals surface area contributed by atoms with Crippen LogP contribution in [0.2, 0.25) is 0 Å². The molecule has 1 aromatic carbocycles. The first-order valence-corrected chi connectivity index (χ1v) is 9.29. The number of ether oxygens (including phenoxy) is 1. The first-order valence-electron chi connectivity index (χ1n) is 8.47. The number of aromatic nitrogens is 1. The summed E-state index contributed by atoms with van der Waals surface area (Å²) in [5, 5.41) is 6.01. The molecule has 0 bridgehead atoms. The number of amides is 2. The molecule has 2 amide bonds. The van der Waals surface area contributed by atoms with Crippen molar-refractivity contribution < 1.29 is 19.1 Å². The number of hydrogen-bond acceptors (Lipinski definition) is 6. The quantitative estimate of drug-likeness (QED) is 0.741. The molecule has 0 aliphatic rings. The monoisotopic (exact) mass is 389 g/mol. The second kappa shape index (κ2) is 8.77. The second-order valence-corrected chi connectivity index (χ2v) is 7.43. The Bertz CT molecular complexity index is 856. The van der Waals surface area contributed by atoms with E-state index < -0.39 is 18.0 Å². The number of rotatable bonds is 6. The Balaban J connectivity index is 1.86. The fourth-order valence-corrected chi connectivity index (χ4v) is 3.30. The number of benzene rings is 1. The van der Waals surface area contributed by atoms with Gasteiger partial charge in [-0.05, 0) is 45.7 Å². The van der Waals surface area contributed by atoms with Crippen molar-refractivity contribution in [1.82, 2.24) is 10.3 Å². The van der Waals surface area contributed by atoms with E-state index in [0.717, 1.165) is 21.8 Å². The second-order valence-electron chi connectivity index (χ2n) is 6.23. The standard InChI is InChI=1S/C19H23N3O4S/c1-10-7-6-8-11(2)16(10)22-15(23)9-20-18(24)13(4)26-19(25)17-12(3)21-14(5)27-17/h6-8,13H,9H2,1-5H3,(H,20,24)(H,22,23). The number of hydrogen-bond donors (Lipinski definition) is 2. The Morgan fingerprint density at radius 2 is 1.78 bits per heavy atom. The minimum Gasteiger partial charge on any atom is -0.448 e. The van der Waals surface area contributed by atoms with E-state index in [1.807, 2.05) is 32.0 Å². The van der Waals surface area contributed by atoms with Crippen LogP contribution in [0.4, 0.5) is 5.69 Å². The van der Waals surface area contributed by atoms with Gasteiger partial charge in [0.05, 0.1) is 17.2 Å². The van der Waals surface area contributed by atoms with E-state index >= 15 is 0 Å². The van der Waals surface area contributed by atoms with Gasteiger partial charge in [0.25, 0.3) is 5.91 Å². The Kier molecular flexibility index (Phi) is 6.68. The maximum absolute atomic E-state index is 12.1. The molecule has 0 radical (unpaired) electrons. The molecule has 0 spiro atoms. The molecular formula is C19H23N3O4S. The van der Waals surface area contributed by atoms with Crippen molar-refractivity contribution in [2.75, 3.05) is 11.9 Å². The lowest BCUT2D eigenvalue weighted by molar-refractivity contribution is -0.130. The molecule has 8 heteroatoms. The molecule has 2 aromatic rings. The summed E-state index contributed by atoms with van der Waals surface area (Å²) in [6, 6.07) is 5.70. The summed E-state index contributed by atoms with van der Waals surface area (Å²) in [6.45, 7) is 8.53. The maximum atomic E-state index is 12.1. The van der Waals surface area contributed by atoms with Gasteiger partial charge in [-0.3, -0.25) is 9.59 Å². The average molecular weight is 389 g/mol. The van der Waals surface area contributed by atoms with Crippen LogP contribution in [0.15, 0.2) is 18.2 Å². The number of carbonyl (C=O) groups is 3. The van der Waals surface area contributed by atoms with E-state index in [9.17, 15) is 14.4 Å². The molecule has 0 aliphatic heterocycles. The van der Waals surface area contributed by atoms with E-state index in [1.54, 1.807) is 13.8 Å². The highest BCUT2D eigenvalue weighted by molar-refractivity contribution is 7.13. The number of esters is 1. The van der Waals surface area contributed by atoms with Crippen LogP contribution < -0.4 is 10.6 Å². The Labute approximate surface area is 162 Å². The summed E-state index contributed by atoms with van der Waals surface area (Å²) < 4.78 is 5.17. The molecule has 2 rings (SSSR count). The molecule has 0 saturated heterocycles. The lowest BCUT2D eigenvalue weighted by Gasteiger charge is -2.14. The van der Waals surface area contributed by atoms with Crippen molar-refractivity contribution in [1.29, 1.82) is 0 Å². The number of nitrogens with zero attached hydrogens (tertiary/aromatic N) is 1. The number of aryl methyl sites for hydroxylation is 4. The first-order chi connectivity index (χ1) is 12.7. The van der Waals surface area contributed by atoms with Crippen molar-refractivity contribution in [3.63, 3.8) is 0 Å². The average Bonchev–Trinajstić information content (AvgIpc) is 2.94. The van der Waals surface area contributed by atoms with Crippen molar-refractivity contribution in [3.8, 4) is 0 Å². The summed E-state index contributed by atoms with van der Waals surface area (Å²) in [5.74, 6) is -1.49. The van der Waals surface area contributed by atoms with E-state index in [2.05, 4.69) is 15.6 Å². The third kappa shape index (κ3) is 5.37. The normalized spacial score (nSPS) is 11.6. The molecular weight excluding hydrogens is 366 g/mol. The molecule has 7 nitrogen and oxygen atoms in total. The van der Waals surface area contributed by atoms with Gasteiger partial charge in [0, 0.05) is 5.69 Å².